The van der Waals surface area contributed by atoms with Crippen LogP contribution in [0, 0.1) is 11.8 Å². The maximum atomic E-state index is 10.3. The quantitative estimate of drug-likeness (QED) is 0.344. The highest BCUT2D eigenvalue weighted by molar-refractivity contribution is 6.02. The van der Waals surface area contributed by atoms with Crippen LogP contribution < -0.4 is 5.32 Å². The zero-order valence-corrected chi connectivity index (χ0v) is 5.32. The third-order valence-electron chi connectivity index (χ3n) is 0.579. The molecule has 0 atom stereocenters. The minimum Gasteiger partial charge on any atom is -0.348 e. The Labute approximate surface area is 53.4 Å². The Balaban J connectivity index is 3.88. The highest BCUT2D eigenvalue weighted by Crippen LogP contribution is 1.61. The van der Waals surface area contributed by atoms with Crippen LogP contribution in [-0.4, -0.2) is 18.7 Å². The lowest BCUT2D eigenvalue weighted by Gasteiger charge is -1.81. The van der Waals surface area contributed by atoms with Crippen molar-refractivity contribution in [2.24, 2.45) is 0 Å². The first-order valence-corrected chi connectivity index (χ1v) is 2.41. The van der Waals surface area contributed by atoms with E-state index in [4.69, 9.17) is 0 Å². The molecule has 0 bridgehead atoms. The predicted molar refractivity (Wildman–Crippen MR) is 32.5 cm³/mol. The monoisotopic (exact) mass is 125 g/mol. The fourth-order valence-corrected chi connectivity index (χ4v) is 0.207. The molecular formula is C6H7NO2. The lowest BCUT2D eigenvalue weighted by molar-refractivity contribution is -0.115. The summed E-state index contributed by atoms with van der Waals surface area (Å²) < 4.78 is 0. The summed E-state index contributed by atoms with van der Waals surface area (Å²) >= 11 is 0. The van der Waals surface area contributed by atoms with Crippen LogP contribution in [0.3, 0.4) is 0 Å². The van der Waals surface area contributed by atoms with E-state index in [9.17, 15) is 9.59 Å². The Morgan fingerprint density at radius 3 is 2.22 bits per heavy atom. The molecular weight excluding hydrogens is 118 g/mol. The summed E-state index contributed by atoms with van der Waals surface area (Å²) in [5, 5.41) is 2.26. The molecule has 0 aliphatic rings. The standard InChI is InChI=1S/C6H7NO2/c1-5(8)3-4-6(9)7-2/h1-2H3,(H,7,9). The van der Waals surface area contributed by atoms with E-state index >= 15 is 0 Å². The van der Waals surface area contributed by atoms with Crippen LogP contribution in [0.4, 0.5) is 0 Å². The molecule has 0 rings (SSSR count). The van der Waals surface area contributed by atoms with Gasteiger partial charge in [-0.25, -0.2) is 0 Å². The molecule has 1 amide bonds. The van der Waals surface area contributed by atoms with E-state index in [1.165, 1.54) is 14.0 Å². The summed E-state index contributed by atoms with van der Waals surface area (Å²) in [4.78, 5) is 20.4. The van der Waals surface area contributed by atoms with Gasteiger partial charge in [0.2, 0.25) is 5.78 Å². The number of carbonyl (C=O) groups excluding carboxylic acids is 2. The Morgan fingerprint density at radius 2 is 1.89 bits per heavy atom. The lowest BCUT2D eigenvalue weighted by Crippen LogP contribution is -2.14. The van der Waals surface area contributed by atoms with E-state index < -0.39 is 5.91 Å². The van der Waals surface area contributed by atoms with Gasteiger partial charge in [-0.05, 0) is 5.92 Å². The van der Waals surface area contributed by atoms with Crippen LogP contribution in [0.2, 0.25) is 0 Å². The average Bonchev–Trinajstić information content (AvgIpc) is 1.83. The predicted octanol–water partition coefficient (Wildman–Crippen LogP) is -0.675. The van der Waals surface area contributed by atoms with E-state index in [0.717, 1.165) is 0 Å². The second-order valence-corrected chi connectivity index (χ2v) is 1.39. The van der Waals surface area contributed by atoms with E-state index in [1.807, 2.05) is 0 Å². The number of Topliss-reactive ketones (excluding diaryl/α,β-unsaturated/α-hetero) is 1. The first-order valence-electron chi connectivity index (χ1n) is 2.41. The molecule has 0 aromatic heterocycles. The number of carbonyl (C=O) groups is 2. The normalized spacial score (nSPS) is 6.89. The molecule has 0 aliphatic carbocycles. The van der Waals surface area contributed by atoms with Crippen molar-refractivity contribution in [3.8, 4) is 11.8 Å². The Hall–Kier alpha value is -1.30. The molecule has 0 radical (unpaired) electrons. The molecule has 0 unspecified atom stereocenters. The molecule has 0 aliphatic heterocycles. The molecule has 9 heavy (non-hydrogen) atoms. The second kappa shape index (κ2) is 3.67. The first kappa shape index (κ1) is 7.70. The van der Waals surface area contributed by atoms with Crippen molar-refractivity contribution in [3.63, 3.8) is 0 Å². The molecule has 0 saturated heterocycles. The number of nitrogens with one attached hydrogen (secondary N) is 1. The van der Waals surface area contributed by atoms with Gasteiger partial charge in [0.25, 0.3) is 5.91 Å². The SMILES string of the molecule is CNC(=O)C#CC(C)=O. The minimum absolute atomic E-state index is 0.307. The number of rotatable bonds is 0. The Morgan fingerprint density at radius 1 is 1.33 bits per heavy atom. The summed E-state index contributed by atoms with van der Waals surface area (Å²) in [5.41, 5.74) is 0. The maximum Gasteiger partial charge on any atom is 0.296 e. The van der Waals surface area contributed by atoms with Crippen molar-refractivity contribution >= 4 is 11.7 Å². The molecule has 3 heteroatoms. The van der Waals surface area contributed by atoms with Crippen molar-refractivity contribution in [1.82, 2.24) is 5.32 Å². The van der Waals surface area contributed by atoms with Crippen molar-refractivity contribution in [1.29, 1.82) is 0 Å². The molecule has 0 aromatic carbocycles. The molecule has 3 nitrogen and oxygen atoms in total. The summed E-state index contributed by atoms with van der Waals surface area (Å²) in [5.74, 6) is 3.43. The van der Waals surface area contributed by atoms with Gasteiger partial charge in [0.05, 0.1) is 0 Å². The summed E-state index contributed by atoms with van der Waals surface area (Å²) in [7, 11) is 1.46. The number of hydrogen-bond acceptors (Lipinski definition) is 2. The summed E-state index contributed by atoms with van der Waals surface area (Å²) in [6.07, 6.45) is 0. The number of amides is 1. The molecule has 0 fully saturated rings. The fourth-order valence-electron chi connectivity index (χ4n) is 0.207. The van der Waals surface area contributed by atoms with Gasteiger partial charge in [-0.2, -0.15) is 0 Å². The van der Waals surface area contributed by atoms with Gasteiger partial charge in [0.1, 0.15) is 0 Å². The zero-order valence-electron chi connectivity index (χ0n) is 5.32. The van der Waals surface area contributed by atoms with Gasteiger partial charge in [-0.3, -0.25) is 9.59 Å². The topological polar surface area (TPSA) is 46.2 Å². The smallest absolute Gasteiger partial charge is 0.296 e. The average molecular weight is 125 g/mol. The summed E-state index contributed by atoms with van der Waals surface area (Å²) in [6.45, 7) is 1.30. The molecule has 0 aromatic rings. The maximum absolute atomic E-state index is 10.3. The van der Waals surface area contributed by atoms with Gasteiger partial charge in [0, 0.05) is 19.9 Å². The summed E-state index contributed by atoms with van der Waals surface area (Å²) in [6, 6.07) is 0. The van der Waals surface area contributed by atoms with E-state index in [1.54, 1.807) is 0 Å². The van der Waals surface area contributed by atoms with Crippen LogP contribution in [0.15, 0.2) is 0 Å². The van der Waals surface area contributed by atoms with Crippen molar-refractivity contribution in [3.05, 3.63) is 0 Å². The Bertz CT molecular complexity index is 185. The minimum atomic E-state index is -0.440. The van der Waals surface area contributed by atoms with Crippen molar-refractivity contribution in [2.75, 3.05) is 7.05 Å². The molecule has 48 valence electrons. The number of hydrogen-bond donors (Lipinski definition) is 1. The highest BCUT2D eigenvalue weighted by atomic mass is 16.1. The van der Waals surface area contributed by atoms with Crippen LogP contribution in [0.25, 0.3) is 0 Å². The van der Waals surface area contributed by atoms with Gasteiger partial charge in [0.15, 0.2) is 0 Å². The second-order valence-electron chi connectivity index (χ2n) is 1.39. The molecule has 0 spiro atoms. The van der Waals surface area contributed by atoms with Crippen LogP contribution in [0.1, 0.15) is 6.92 Å². The third-order valence-corrected chi connectivity index (χ3v) is 0.579. The van der Waals surface area contributed by atoms with Crippen molar-refractivity contribution < 1.29 is 9.59 Å². The largest absolute Gasteiger partial charge is 0.348 e. The van der Waals surface area contributed by atoms with Crippen molar-refractivity contribution in [2.45, 2.75) is 6.92 Å². The van der Waals surface area contributed by atoms with Crippen LogP contribution in [0.5, 0.6) is 0 Å². The van der Waals surface area contributed by atoms with E-state index in [2.05, 4.69) is 17.2 Å². The first-order chi connectivity index (χ1) is 4.16. The third kappa shape index (κ3) is 4.56. The Kier molecular flexibility index (Phi) is 3.14. The van der Waals surface area contributed by atoms with Gasteiger partial charge in [-0.1, -0.05) is 0 Å². The van der Waals surface area contributed by atoms with Crippen LogP contribution >= 0.6 is 0 Å². The fraction of sp³-hybridized carbons (Fsp3) is 0.333. The zero-order chi connectivity index (χ0) is 7.28. The van der Waals surface area contributed by atoms with Gasteiger partial charge >= 0.3 is 0 Å². The molecule has 0 heterocycles. The molecule has 1 N–H and O–H groups in total. The van der Waals surface area contributed by atoms with Gasteiger partial charge < -0.3 is 5.32 Å². The number of ketones is 1. The van der Waals surface area contributed by atoms with E-state index in [0.29, 0.717) is 0 Å². The van der Waals surface area contributed by atoms with Crippen LogP contribution in [-0.2, 0) is 9.59 Å². The van der Waals surface area contributed by atoms with E-state index in [-0.39, 0.29) is 5.78 Å². The molecule has 0 saturated carbocycles. The lowest BCUT2D eigenvalue weighted by atomic mass is 10.4. The highest BCUT2D eigenvalue weighted by Gasteiger charge is 1.86. The van der Waals surface area contributed by atoms with Gasteiger partial charge in [-0.15, -0.1) is 0 Å².